The van der Waals surface area contributed by atoms with Gasteiger partial charge in [-0.15, -0.1) is 0 Å². The van der Waals surface area contributed by atoms with Crippen LogP contribution in [-0.2, 0) is 6.42 Å². The summed E-state index contributed by atoms with van der Waals surface area (Å²) in [4.78, 5) is 8.10. The van der Waals surface area contributed by atoms with Crippen molar-refractivity contribution >= 4 is 11.5 Å². The zero-order chi connectivity index (χ0) is 13.1. The van der Waals surface area contributed by atoms with Crippen molar-refractivity contribution in [2.45, 2.75) is 12.8 Å². The first-order valence-electron chi connectivity index (χ1n) is 6.10. The maximum absolute atomic E-state index is 8.98. The summed E-state index contributed by atoms with van der Waals surface area (Å²) in [5.41, 5.74) is 2.36. The van der Waals surface area contributed by atoms with Crippen molar-refractivity contribution < 1.29 is 4.74 Å². The Hall–Kier alpha value is -2.61. The molecule has 0 amide bonds. The number of nitrogens with zero attached hydrogens (tertiary/aromatic N) is 3. The average molecular weight is 252 g/mol. The second-order valence-corrected chi connectivity index (χ2v) is 4.26. The number of aromatic nitrogens is 2. The van der Waals surface area contributed by atoms with E-state index in [-0.39, 0.29) is 5.69 Å². The Labute approximate surface area is 110 Å². The molecule has 1 aromatic carbocycles. The summed E-state index contributed by atoms with van der Waals surface area (Å²) in [5.74, 6) is 1.41. The van der Waals surface area contributed by atoms with Crippen LogP contribution in [0.3, 0.4) is 0 Å². The first-order valence-corrected chi connectivity index (χ1v) is 6.10. The highest BCUT2D eigenvalue weighted by atomic mass is 16.5. The third-order valence-corrected chi connectivity index (χ3v) is 2.98. The van der Waals surface area contributed by atoms with Gasteiger partial charge in [0.25, 0.3) is 0 Å². The first kappa shape index (κ1) is 11.5. The molecule has 1 aliphatic heterocycles. The molecule has 2 aromatic rings. The summed E-state index contributed by atoms with van der Waals surface area (Å²) >= 11 is 0. The van der Waals surface area contributed by atoms with Crippen LogP contribution in [-0.4, -0.2) is 16.6 Å². The van der Waals surface area contributed by atoms with Crippen LogP contribution in [0.2, 0.25) is 0 Å². The fourth-order valence-corrected chi connectivity index (χ4v) is 2.09. The lowest BCUT2D eigenvalue weighted by molar-refractivity contribution is 0.288. The van der Waals surface area contributed by atoms with E-state index in [1.165, 1.54) is 11.8 Å². The Morgan fingerprint density at radius 1 is 1.26 bits per heavy atom. The average Bonchev–Trinajstić information content (AvgIpc) is 2.48. The van der Waals surface area contributed by atoms with Crippen molar-refractivity contribution in [3.8, 4) is 11.8 Å². The molecule has 0 atom stereocenters. The maximum Gasteiger partial charge on any atom is 0.183 e. The Kier molecular flexibility index (Phi) is 2.99. The summed E-state index contributed by atoms with van der Waals surface area (Å²) in [7, 11) is 0. The number of hydrogen-bond donors (Lipinski definition) is 1. The molecule has 5 heteroatoms. The number of aryl methyl sites for hydroxylation is 1. The van der Waals surface area contributed by atoms with E-state index in [4.69, 9.17) is 10.00 Å². The van der Waals surface area contributed by atoms with Crippen molar-refractivity contribution in [3.05, 3.63) is 41.9 Å². The molecule has 0 saturated carbocycles. The molecular formula is C14H12N4O. The molecule has 0 saturated heterocycles. The van der Waals surface area contributed by atoms with Crippen molar-refractivity contribution in [1.82, 2.24) is 9.97 Å². The maximum atomic E-state index is 8.98. The van der Waals surface area contributed by atoms with Gasteiger partial charge < -0.3 is 10.1 Å². The molecule has 2 heterocycles. The number of nitriles is 1. The van der Waals surface area contributed by atoms with Crippen molar-refractivity contribution in [2.24, 2.45) is 0 Å². The highest BCUT2D eigenvalue weighted by Gasteiger charge is 2.11. The Morgan fingerprint density at radius 2 is 2.16 bits per heavy atom. The highest BCUT2D eigenvalue weighted by Crippen LogP contribution is 2.28. The van der Waals surface area contributed by atoms with Crippen LogP contribution in [0.5, 0.6) is 5.75 Å². The van der Waals surface area contributed by atoms with Crippen LogP contribution in [0.25, 0.3) is 0 Å². The zero-order valence-electron chi connectivity index (χ0n) is 10.3. The fraction of sp³-hybridized carbons (Fsp3) is 0.214. The van der Waals surface area contributed by atoms with Crippen LogP contribution in [0.1, 0.15) is 17.7 Å². The van der Waals surface area contributed by atoms with Gasteiger partial charge in [0.05, 0.1) is 6.61 Å². The minimum absolute atomic E-state index is 0.288. The summed E-state index contributed by atoms with van der Waals surface area (Å²) in [6, 6.07) is 7.91. The number of rotatable bonds is 2. The number of fused-ring (bicyclic) bond motifs is 1. The molecular weight excluding hydrogens is 240 g/mol. The highest BCUT2D eigenvalue weighted by molar-refractivity contribution is 5.62. The molecule has 1 aliphatic rings. The molecule has 0 radical (unpaired) electrons. The summed E-state index contributed by atoms with van der Waals surface area (Å²) < 4.78 is 5.57. The summed E-state index contributed by atoms with van der Waals surface area (Å²) in [6.07, 6.45) is 5.11. The lowest BCUT2D eigenvalue weighted by atomic mass is 10.1. The van der Waals surface area contributed by atoms with Gasteiger partial charge in [-0.25, -0.2) is 9.97 Å². The number of nitrogens with one attached hydrogen (secondary N) is 1. The quantitative estimate of drug-likeness (QED) is 0.888. The fourth-order valence-electron chi connectivity index (χ4n) is 2.09. The van der Waals surface area contributed by atoms with Crippen molar-refractivity contribution in [1.29, 1.82) is 5.26 Å². The predicted molar refractivity (Wildman–Crippen MR) is 70.3 cm³/mol. The van der Waals surface area contributed by atoms with E-state index < -0.39 is 0 Å². The summed E-state index contributed by atoms with van der Waals surface area (Å²) in [6.45, 7) is 0.780. The SMILES string of the molecule is N#Cc1nccnc1Nc1ccc2c(c1)CCCO2. The molecule has 5 nitrogen and oxygen atoms in total. The van der Waals surface area contributed by atoms with Crippen LogP contribution in [0.4, 0.5) is 11.5 Å². The zero-order valence-corrected chi connectivity index (χ0v) is 10.3. The van der Waals surface area contributed by atoms with Gasteiger partial charge in [-0.3, -0.25) is 0 Å². The minimum atomic E-state index is 0.288. The molecule has 0 unspecified atom stereocenters. The Morgan fingerprint density at radius 3 is 3.05 bits per heavy atom. The molecule has 0 bridgehead atoms. The smallest absolute Gasteiger partial charge is 0.183 e. The minimum Gasteiger partial charge on any atom is -0.493 e. The number of anilines is 2. The van der Waals surface area contributed by atoms with Gasteiger partial charge in [0, 0.05) is 18.1 Å². The molecule has 19 heavy (non-hydrogen) atoms. The molecule has 1 aromatic heterocycles. The van der Waals surface area contributed by atoms with Gasteiger partial charge in [0.1, 0.15) is 11.8 Å². The molecule has 94 valence electrons. The number of benzene rings is 1. The van der Waals surface area contributed by atoms with Gasteiger partial charge in [-0.05, 0) is 36.6 Å². The molecule has 1 N–H and O–H groups in total. The van der Waals surface area contributed by atoms with E-state index in [1.54, 1.807) is 6.20 Å². The van der Waals surface area contributed by atoms with E-state index in [0.717, 1.165) is 30.9 Å². The molecule has 0 fully saturated rings. The normalized spacial score (nSPS) is 13.0. The topological polar surface area (TPSA) is 70.8 Å². The summed E-state index contributed by atoms with van der Waals surface area (Å²) in [5, 5.41) is 12.1. The van der Waals surface area contributed by atoms with Crippen LogP contribution >= 0.6 is 0 Å². The van der Waals surface area contributed by atoms with E-state index in [2.05, 4.69) is 15.3 Å². The van der Waals surface area contributed by atoms with Crippen LogP contribution < -0.4 is 10.1 Å². The third-order valence-electron chi connectivity index (χ3n) is 2.98. The largest absolute Gasteiger partial charge is 0.493 e. The molecule has 0 spiro atoms. The van der Waals surface area contributed by atoms with Gasteiger partial charge >= 0.3 is 0 Å². The van der Waals surface area contributed by atoms with Gasteiger partial charge in [-0.2, -0.15) is 5.26 Å². The van der Waals surface area contributed by atoms with Crippen LogP contribution in [0, 0.1) is 11.3 Å². The van der Waals surface area contributed by atoms with Crippen molar-refractivity contribution in [3.63, 3.8) is 0 Å². The van der Waals surface area contributed by atoms with Gasteiger partial charge in [0.2, 0.25) is 0 Å². The molecule has 3 rings (SSSR count). The van der Waals surface area contributed by atoms with Gasteiger partial charge in [-0.1, -0.05) is 0 Å². The van der Waals surface area contributed by atoms with E-state index in [1.807, 2.05) is 24.3 Å². The second-order valence-electron chi connectivity index (χ2n) is 4.26. The standard InChI is InChI=1S/C14H12N4O/c15-9-12-14(17-6-5-16-12)18-11-3-4-13-10(8-11)2-1-7-19-13/h3-6,8H,1-2,7H2,(H,17,18). The third kappa shape index (κ3) is 2.33. The first-order chi connectivity index (χ1) is 9.36. The predicted octanol–water partition coefficient (Wildman–Crippen LogP) is 2.42. The Balaban J connectivity index is 1.89. The lowest BCUT2D eigenvalue weighted by Crippen LogP contribution is -2.08. The van der Waals surface area contributed by atoms with E-state index >= 15 is 0 Å². The monoisotopic (exact) mass is 252 g/mol. The van der Waals surface area contributed by atoms with E-state index in [9.17, 15) is 0 Å². The van der Waals surface area contributed by atoms with Crippen molar-refractivity contribution in [2.75, 3.05) is 11.9 Å². The second kappa shape index (κ2) is 4.94. The van der Waals surface area contributed by atoms with Gasteiger partial charge in [0.15, 0.2) is 11.5 Å². The molecule has 0 aliphatic carbocycles. The number of ether oxygens (including phenoxy) is 1. The van der Waals surface area contributed by atoms with Crippen LogP contribution in [0.15, 0.2) is 30.6 Å². The van der Waals surface area contributed by atoms with E-state index in [0.29, 0.717) is 5.82 Å². The number of hydrogen-bond acceptors (Lipinski definition) is 5. The Bertz CT molecular complexity index is 648. The lowest BCUT2D eigenvalue weighted by Gasteiger charge is -2.18.